The van der Waals surface area contributed by atoms with Crippen molar-refractivity contribution < 1.29 is 19.1 Å². The number of piperazine rings is 1. The van der Waals surface area contributed by atoms with Crippen LogP contribution in [-0.4, -0.2) is 72.0 Å². The molecule has 2 N–H and O–H groups in total. The van der Waals surface area contributed by atoms with E-state index < -0.39 is 0 Å². The molecule has 0 aliphatic carbocycles. The topological polar surface area (TPSA) is 96.0 Å². The number of pyridine rings is 1. The summed E-state index contributed by atoms with van der Waals surface area (Å²) < 4.78 is 11.1. The molecular weight excluding hydrogens is 566 g/mol. The average Bonchev–Trinajstić information content (AvgIpc) is 3.02. The third kappa shape index (κ3) is 6.74. The summed E-state index contributed by atoms with van der Waals surface area (Å²) in [6, 6.07) is 20.0. The lowest BCUT2D eigenvalue weighted by Crippen LogP contribution is -2.48. The number of ether oxygens (including phenoxy) is 2. The lowest BCUT2D eigenvalue weighted by molar-refractivity contribution is 0.101. The zero-order valence-corrected chi connectivity index (χ0v) is 25.0. The number of hydrogen-bond donors (Lipinski definition) is 2. The molecule has 2 aliphatic heterocycles. The maximum absolute atomic E-state index is 13.2. The summed E-state index contributed by atoms with van der Waals surface area (Å²) >= 11 is 6.40. The van der Waals surface area contributed by atoms with Crippen molar-refractivity contribution in [2.45, 2.75) is 26.4 Å². The van der Waals surface area contributed by atoms with E-state index in [-0.39, 0.29) is 11.8 Å². The van der Waals surface area contributed by atoms with E-state index in [1.165, 1.54) is 0 Å². The minimum Gasteiger partial charge on any atom is -0.486 e. The lowest BCUT2D eigenvalue weighted by Gasteiger charge is -2.36. The van der Waals surface area contributed by atoms with E-state index in [1.54, 1.807) is 42.5 Å². The summed E-state index contributed by atoms with van der Waals surface area (Å²) in [5.74, 6) is 0.506. The molecule has 6 rings (SSSR count). The van der Waals surface area contributed by atoms with E-state index in [1.807, 2.05) is 24.3 Å². The first-order chi connectivity index (χ1) is 20.8. The average molecular weight is 600 g/mol. The summed E-state index contributed by atoms with van der Waals surface area (Å²) in [5.41, 5.74) is 3.64. The monoisotopic (exact) mass is 599 g/mol. The predicted molar refractivity (Wildman–Crippen MR) is 169 cm³/mol. The highest BCUT2D eigenvalue weighted by molar-refractivity contribution is 6.34. The molecule has 2 aliphatic rings. The Labute approximate surface area is 255 Å². The van der Waals surface area contributed by atoms with Gasteiger partial charge in [0.25, 0.3) is 11.8 Å². The van der Waals surface area contributed by atoms with Crippen molar-refractivity contribution in [1.29, 1.82) is 0 Å². The fourth-order valence-electron chi connectivity index (χ4n) is 5.35. The number of amides is 2. The molecule has 1 aromatic heterocycles. The van der Waals surface area contributed by atoms with Gasteiger partial charge in [0.05, 0.1) is 21.9 Å². The molecule has 222 valence electrons. The van der Waals surface area contributed by atoms with Crippen LogP contribution in [0.3, 0.4) is 0 Å². The number of rotatable bonds is 7. The number of nitrogens with one attached hydrogen (secondary N) is 2. The van der Waals surface area contributed by atoms with E-state index in [2.05, 4.69) is 34.3 Å². The van der Waals surface area contributed by atoms with Crippen LogP contribution >= 0.6 is 11.6 Å². The number of anilines is 2. The van der Waals surface area contributed by atoms with Crippen molar-refractivity contribution >= 4 is 45.7 Å². The number of aromatic nitrogens is 1. The first-order valence-corrected chi connectivity index (χ1v) is 14.9. The van der Waals surface area contributed by atoms with E-state index in [9.17, 15) is 9.59 Å². The summed E-state index contributed by atoms with van der Waals surface area (Å²) in [6.07, 6.45) is 0. The number of hydrogen-bond acceptors (Lipinski definition) is 7. The Morgan fingerprint density at radius 3 is 2.35 bits per heavy atom. The van der Waals surface area contributed by atoms with Crippen LogP contribution in [0, 0.1) is 0 Å². The van der Waals surface area contributed by atoms with Crippen molar-refractivity contribution in [3.05, 3.63) is 88.6 Å². The molecule has 3 aromatic carbocycles. The fraction of sp³-hybridized carbons (Fsp3) is 0.303. The van der Waals surface area contributed by atoms with Gasteiger partial charge in [-0.1, -0.05) is 17.7 Å². The van der Waals surface area contributed by atoms with Gasteiger partial charge in [0, 0.05) is 61.0 Å². The Kier molecular flexibility index (Phi) is 8.47. The molecule has 43 heavy (non-hydrogen) atoms. The van der Waals surface area contributed by atoms with Gasteiger partial charge >= 0.3 is 0 Å². The minimum absolute atomic E-state index is 0.314. The predicted octanol–water partition coefficient (Wildman–Crippen LogP) is 5.69. The van der Waals surface area contributed by atoms with Gasteiger partial charge in [-0.05, 0) is 74.5 Å². The molecule has 0 unspecified atom stereocenters. The molecule has 4 aromatic rings. The number of benzene rings is 3. The number of nitrogens with zero attached hydrogens (tertiary/aromatic N) is 3. The largest absolute Gasteiger partial charge is 0.486 e. The van der Waals surface area contributed by atoms with E-state index in [0.717, 1.165) is 49.3 Å². The van der Waals surface area contributed by atoms with Crippen molar-refractivity contribution in [1.82, 2.24) is 14.8 Å². The minimum atomic E-state index is -0.323. The molecule has 0 radical (unpaired) electrons. The number of carbonyl (C=O) groups is 2. The van der Waals surface area contributed by atoms with Gasteiger partial charge < -0.3 is 20.1 Å². The Hall–Kier alpha value is -4.18. The molecule has 1 saturated heterocycles. The third-order valence-corrected chi connectivity index (χ3v) is 8.14. The van der Waals surface area contributed by atoms with E-state index >= 15 is 0 Å². The maximum atomic E-state index is 13.2. The first-order valence-electron chi connectivity index (χ1n) is 14.5. The SMILES string of the molecule is CC(C)N1CCN(Cc2ccc3cc(C(=O)Nc4cc(NC(=O)c5ccc6c(c5)OCCO6)ccc4Cl)ccc3n2)CC1. The molecule has 10 heteroatoms. The molecule has 3 heterocycles. The molecule has 0 saturated carbocycles. The van der Waals surface area contributed by atoms with Crippen molar-refractivity contribution in [3.8, 4) is 11.5 Å². The highest BCUT2D eigenvalue weighted by Gasteiger charge is 2.20. The maximum Gasteiger partial charge on any atom is 0.255 e. The van der Waals surface area contributed by atoms with Gasteiger partial charge in [0.15, 0.2) is 11.5 Å². The van der Waals surface area contributed by atoms with Crippen molar-refractivity contribution in [3.63, 3.8) is 0 Å². The molecular formula is C33H34ClN5O4. The Bertz CT molecular complexity index is 1670. The second-order valence-corrected chi connectivity index (χ2v) is 11.5. The van der Waals surface area contributed by atoms with Gasteiger partial charge in [0.2, 0.25) is 0 Å². The Morgan fingerprint density at radius 1 is 0.837 bits per heavy atom. The highest BCUT2D eigenvalue weighted by Crippen LogP contribution is 2.32. The van der Waals surface area contributed by atoms with Crippen molar-refractivity contribution in [2.75, 3.05) is 50.0 Å². The zero-order valence-electron chi connectivity index (χ0n) is 24.2. The van der Waals surface area contributed by atoms with Crippen LogP contribution in [-0.2, 0) is 6.54 Å². The van der Waals surface area contributed by atoms with Crippen LogP contribution in [0.1, 0.15) is 40.3 Å². The van der Waals surface area contributed by atoms with Gasteiger partial charge in [-0.3, -0.25) is 24.4 Å². The number of halogens is 1. The molecule has 0 bridgehead atoms. The molecule has 9 nitrogen and oxygen atoms in total. The van der Waals surface area contributed by atoms with Gasteiger partial charge in [-0.25, -0.2) is 0 Å². The smallest absolute Gasteiger partial charge is 0.255 e. The highest BCUT2D eigenvalue weighted by atomic mass is 35.5. The molecule has 0 atom stereocenters. The molecule has 0 spiro atoms. The van der Waals surface area contributed by atoms with Crippen LogP contribution in [0.4, 0.5) is 11.4 Å². The second kappa shape index (κ2) is 12.6. The molecule has 2 amide bonds. The summed E-state index contributed by atoms with van der Waals surface area (Å²) in [6.45, 7) is 10.4. The Morgan fingerprint density at radius 2 is 1.56 bits per heavy atom. The van der Waals surface area contributed by atoms with Crippen LogP contribution in [0.2, 0.25) is 5.02 Å². The van der Waals surface area contributed by atoms with E-state index in [4.69, 9.17) is 26.1 Å². The molecule has 1 fully saturated rings. The normalized spacial score (nSPS) is 15.4. The van der Waals surface area contributed by atoms with Crippen LogP contribution in [0.5, 0.6) is 11.5 Å². The lowest BCUT2D eigenvalue weighted by atomic mass is 10.1. The Balaban J connectivity index is 1.10. The van der Waals surface area contributed by atoms with Crippen LogP contribution in [0.15, 0.2) is 66.7 Å². The van der Waals surface area contributed by atoms with Gasteiger partial charge in [0.1, 0.15) is 13.2 Å². The zero-order chi connectivity index (χ0) is 29.9. The van der Waals surface area contributed by atoms with E-state index in [0.29, 0.717) is 58.3 Å². The van der Waals surface area contributed by atoms with Crippen LogP contribution < -0.4 is 20.1 Å². The van der Waals surface area contributed by atoms with Gasteiger partial charge in [-0.2, -0.15) is 0 Å². The van der Waals surface area contributed by atoms with Crippen molar-refractivity contribution in [2.24, 2.45) is 0 Å². The standard InChI is InChI=1S/C33H34ClN5O4/c1-21(2)39-13-11-38(12-14-39)20-26-6-3-22-17-23(4-9-28(22)35-26)33(41)37-29-19-25(7-8-27(29)34)36-32(40)24-5-10-30-31(18-24)43-16-15-42-30/h3-10,17-19,21H,11-16,20H2,1-2H3,(H,36,40)(H,37,41). The summed E-state index contributed by atoms with van der Waals surface area (Å²) in [7, 11) is 0. The van der Waals surface area contributed by atoms with Crippen LogP contribution in [0.25, 0.3) is 10.9 Å². The third-order valence-electron chi connectivity index (χ3n) is 7.81. The fourth-order valence-corrected chi connectivity index (χ4v) is 5.51. The number of fused-ring (bicyclic) bond motifs is 2. The summed E-state index contributed by atoms with van der Waals surface area (Å²) in [4.78, 5) is 35.9. The summed E-state index contributed by atoms with van der Waals surface area (Å²) in [5, 5.41) is 6.96. The second-order valence-electron chi connectivity index (χ2n) is 11.1. The van der Waals surface area contributed by atoms with Gasteiger partial charge in [-0.15, -0.1) is 0 Å². The first kappa shape index (κ1) is 28.9. The quantitative estimate of drug-likeness (QED) is 0.282. The number of carbonyl (C=O) groups excluding carboxylic acids is 2.